The number of hydrogen-bond donors (Lipinski definition) is 0. The van der Waals surface area contributed by atoms with Gasteiger partial charge in [0.15, 0.2) is 0 Å². The lowest BCUT2D eigenvalue weighted by molar-refractivity contribution is 0.0199. The predicted molar refractivity (Wildman–Crippen MR) is 111 cm³/mol. The van der Waals surface area contributed by atoms with Gasteiger partial charge in [0, 0.05) is 39.3 Å². The van der Waals surface area contributed by atoms with Gasteiger partial charge in [-0.05, 0) is 17.7 Å². The van der Waals surface area contributed by atoms with Gasteiger partial charge in [-0.15, -0.1) is 0 Å². The highest BCUT2D eigenvalue weighted by molar-refractivity contribution is 7.59. The monoisotopic (exact) mass is 425 g/mol. The highest BCUT2D eigenvalue weighted by atomic mass is 31.2. The topological polar surface area (TPSA) is 63.7 Å². The minimum atomic E-state index is -2.96. The smallest absolute Gasteiger partial charge is 0.237 e. The number of ether oxygens (including phenoxy) is 4. The fourth-order valence-electron chi connectivity index (χ4n) is 4.38. The van der Waals surface area contributed by atoms with Crippen LogP contribution in [-0.2, 0) is 18.8 Å². The number of nitrogens with zero attached hydrogens (tertiary/aromatic N) is 3. The zero-order valence-corrected chi connectivity index (χ0v) is 18.1. The maximum Gasteiger partial charge on any atom is 0.237 e. The van der Waals surface area contributed by atoms with Crippen molar-refractivity contribution < 1.29 is 23.5 Å². The molecule has 1 unspecified atom stereocenters. The second kappa shape index (κ2) is 9.88. The first-order chi connectivity index (χ1) is 14.2. The van der Waals surface area contributed by atoms with Crippen molar-refractivity contribution in [2.75, 3.05) is 86.0 Å². The van der Waals surface area contributed by atoms with Crippen molar-refractivity contribution in [3.05, 3.63) is 29.8 Å². The SMILES string of the molecule is COc1ccc(C(N2CCOCC2)P(=O)(N2CCOCC2)N2CCOCC2)cc1. The molecule has 0 amide bonds. The molecule has 0 radical (unpaired) electrons. The summed E-state index contributed by atoms with van der Waals surface area (Å²) in [5, 5.41) is 0. The van der Waals surface area contributed by atoms with E-state index >= 15 is 4.57 Å². The Morgan fingerprint density at radius 2 is 1.24 bits per heavy atom. The van der Waals surface area contributed by atoms with Crippen LogP contribution in [0.1, 0.15) is 11.3 Å². The number of methoxy groups -OCH3 is 1. The van der Waals surface area contributed by atoms with Crippen molar-refractivity contribution in [3.63, 3.8) is 0 Å². The molecule has 1 aromatic rings. The molecule has 162 valence electrons. The van der Waals surface area contributed by atoms with Gasteiger partial charge in [0.2, 0.25) is 7.44 Å². The Hall–Kier alpha value is -0.990. The Balaban J connectivity index is 1.76. The Morgan fingerprint density at radius 1 is 0.793 bits per heavy atom. The second-order valence-electron chi connectivity index (χ2n) is 7.52. The van der Waals surface area contributed by atoms with Crippen LogP contribution < -0.4 is 4.74 Å². The van der Waals surface area contributed by atoms with Crippen LogP contribution in [0.5, 0.6) is 5.75 Å². The highest BCUT2D eigenvalue weighted by Gasteiger charge is 2.48. The zero-order chi connectivity index (χ0) is 20.1. The van der Waals surface area contributed by atoms with E-state index in [0.29, 0.717) is 65.8 Å². The number of hydrogen-bond acceptors (Lipinski definition) is 6. The van der Waals surface area contributed by atoms with Crippen LogP contribution in [0, 0.1) is 0 Å². The number of morpholine rings is 3. The fraction of sp³-hybridized carbons (Fsp3) is 0.700. The summed E-state index contributed by atoms with van der Waals surface area (Å²) in [5.41, 5.74) is 1.06. The molecule has 3 aliphatic heterocycles. The maximum absolute atomic E-state index is 15.1. The molecule has 0 spiro atoms. The molecule has 0 saturated carbocycles. The first-order valence-electron chi connectivity index (χ1n) is 10.5. The molecule has 9 heteroatoms. The standard InChI is InChI=1S/C20H32N3O5P/c1-25-19-4-2-18(3-5-19)20(21-6-12-26-13-7-21)29(24,22-8-14-27-15-9-22)23-10-16-28-17-11-23/h2-5,20H,6-17H2,1H3. The summed E-state index contributed by atoms with van der Waals surface area (Å²) < 4.78 is 41.6. The first-order valence-corrected chi connectivity index (χ1v) is 12.1. The lowest BCUT2D eigenvalue weighted by Crippen LogP contribution is -2.49. The van der Waals surface area contributed by atoms with Crippen molar-refractivity contribution in [2.45, 2.75) is 5.78 Å². The Kier molecular flexibility index (Phi) is 7.24. The molecule has 0 bridgehead atoms. The summed E-state index contributed by atoms with van der Waals surface area (Å²) in [7, 11) is -1.29. The van der Waals surface area contributed by atoms with Gasteiger partial charge in [-0.3, -0.25) is 9.46 Å². The molecule has 1 aromatic carbocycles. The summed E-state index contributed by atoms with van der Waals surface area (Å²) in [5.74, 6) is 0.593. The van der Waals surface area contributed by atoms with Gasteiger partial charge in [0.05, 0.1) is 46.8 Å². The van der Waals surface area contributed by atoms with Crippen molar-refractivity contribution in [2.24, 2.45) is 0 Å². The third kappa shape index (κ3) is 4.54. The summed E-state index contributed by atoms with van der Waals surface area (Å²) in [6.45, 7) is 8.09. The molecule has 4 rings (SSSR count). The molecule has 3 saturated heterocycles. The van der Waals surface area contributed by atoms with Gasteiger partial charge >= 0.3 is 0 Å². The van der Waals surface area contributed by atoms with Gasteiger partial charge in [-0.1, -0.05) is 12.1 Å². The van der Waals surface area contributed by atoms with E-state index in [4.69, 9.17) is 18.9 Å². The normalized spacial score (nSPS) is 24.3. The van der Waals surface area contributed by atoms with Crippen LogP contribution in [0.15, 0.2) is 24.3 Å². The van der Waals surface area contributed by atoms with E-state index in [1.165, 1.54) is 0 Å². The molecule has 0 aliphatic carbocycles. The van der Waals surface area contributed by atoms with Crippen LogP contribution in [0.25, 0.3) is 0 Å². The lowest BCUT2D eigenvalue weighted by atomic mass is 10.2. The molecule has 0 N–H and O–H groups in total. The minimum Gasteiger partial charge on any atom is -0.497 e. The largest absolute Gasteiger partial charge is 0.497 e. The highest BCUT2D eigenvalue weighted by Crippen LogP contribution is 2.65. The van der Waals surface area contributed by atoms with Gasteiger partial charge in [0.25, 0.3) is 0 Å². The van der Waals surface area contributed by atoms with E-state index in [2.05, 4.69) is 26.4 Å². The molecular weight excluding hydrogens is 393 g/mol. The van der Waals surface area contributed by atoms with Crippen LogP contribution in [0.2, 0.25) is 0 Å². The molecular formula is C20H32N3O5P. The van der Waals surface area contributed by atoms with Gasteiger partial charge in [-0.25, -0.2) is 9.34 Å². The first kappa shape index (κ1) is 21.2. The quantitative estimate of drug-likeness (QED) is 0.641. The molecule has 3 heterocycles. The van der Waals surface area contributed by atoms with Crippen molar-refractivity contribution in [1.82, 2.24) is 14.2 Å². The van der Waals surface area contributed by atoms with E-state index in [1.54, 1.807) is 7.11 Å². The van der Waals surface area contributed by atoms with E-state index in [0.717, 1.165) is 24.4 Å². The summed E-state index contributed by atoms with van der Waals surface area (Å²) in [4.78, 5) is 2.34. The molecule has 3 fully saturated rings. The van der Waals surface area contributed by atoms with E-state index in [9.17, 15) is 0 Å². The van der Waals surface area contributed by atoms with Gasteiger partial charge in [0.1, 0.15) is 11.5 Å². The molecule has 0 aromatic heterocycles. The third-order valence-corrected chi connectivity index (χ3v) is 9.59. The van der Waals surface area contributed by atoms with E-state index in [1.807, 2.05) is 12.1 Å². The van der Waals surface area contributed by atoms with Gasteiger partial charge < -0.3 is 18.9 Å². The molecule has 29 heavy (non-hydrogen) atoms. The fourth-order valence-corrected chi connectivity index (χ4v) is 8.05. The van der Waals surface area contributed by atoms with E-state index in [-0.39, 0.29) is 5.78 Å². The molecule has 3 aliphatic rings. The molecule has 8 nitrogen and oxygen atoms in total. The van der Waals surface area contributed by atoms with Crippen LogP contribution >= 0.6 is 7.44 Å². The number of benzene rings is 1. The average molecular weight is 425 g/mol. The van der Waals surface area contributed by atoms with Crippen LogP contribution in [-0.4, -0.2) is 100 Å². The van der Waals surface area contributed by atoms with Crippen LogP contribution in [0.4, 0.5) is 0 Å². The van der Waals surface area contributed by atoms with Gasteiger partial charge in [-0.2, -0.15) is 0 Å². The minimum absolute atomic E-state index is 0.214. The number of rotatable bonds is 6. The predicted octanol–water partition coefficient (Wildman–Crippen LogP) is 1.88. The summed E-state index contributed by atoms with van der Waals surface area (Å²) in [6.07, 6.45) is 0. The Labute approximate surface area is 173 Å². The van der Waals surface area contributed by atoms with Crippen molar-refractivity contribution in [3.8, 4) is 5.75 Å². The lowest BCUT2D eigenvalue weighted by Gasteiger charge is -2.49. The van der Waals surface area contributed by atoms with E-state index < -0.39 is 7.44 Å². The van der Waals surface area contributed by atoms with Crippen molar-refractivity contribution >= 4 is 7.44 Å². The summed E-state index contributed by atoms with van der Waals surface area (Å²) in [6, 6.07) is 8.05. The maximum atomic E-state index is 15.1. The zero-order valence-electron chi connectivity index (χ0n) is 17.2. The molecule has 1 atom stereocenters. The third-order valence-electron chi connectivity index (χ3n) is 5.91. The van der Waals surface area contributed by atoms with Crippen LogP contribution in [0.3, 0.4) is 0 Å². The summed E-state index contributed by atoms with van der Waals surface area (Å²) >= 11 is 0. The second-order valence-corrected chi connectivity index (χ2v) is 10.3. The Bertz CT molecular complexity index is 664. The Morgan fingerprint density at radius 3 is 1.69 bits per heavy atom. The van der Waals surface area contributed by atoms with Crippen molar-refractivity contribution in [1.29, 1.82) is 0 Å². The average Bonchev–Trinajstić information content (AvgIpc) is 2.81.